The molecule has 0 bridgehead atoms. The van der Waals surface area contributed by atoms with Crippen molar-refractivity contribution >= 4 is 11.4 Å². The molecule has 0 aliphatic heterocycles. The van der Waals surface area contributed by atoms with Crippen molar-refractivity contribution in [2.45, 2.75) is 32.6 Å². The number of nitrogens with one attached hydrogen (secondary N) is 1. The molecule has 1 aromatic carbocycles. The minimum Gasteiger partial charge on any atom is -0.492 e. The van der Waals surface area contributed by atoms with E-state index in [4.69, 9.17) is 10.5 Å². The monoisotopic (exact) mass is 264 g/mol. The van der Waals surface area contributed by atoms with Crippen LogP contribution in [-0.4, -0.2) is 24.9 Å². The lowest BCUT2D eigenvalue weighted by atomic mass is 9.87. The fraction of sp³-hybridized carbons (Fsp3) is 0.600. The molecule has 4 nitrogen and oxygen atoms in total. The molecule has 0 saturated heterocycles. The largest absolute Gasteiger partial charge is 0.492 e. The highest BCUT2D eigenvalue weighted by Crippen LogP contribution is 2.38. The molecule has 1 aliphatic carbocycles. The second-order valence-electron chi connectivity index (χ2n) is 5.37. The van der Waals surface area contributed by atoms with Gasteiger partial charge in [-0.2, -0.15) is 0 Å². The fourth-order valence-corrected chi connectivity index (χ4v) is 2.78. The van der Waals surface area contributed by atoms with Crippen LogP contribution in [0.25, 0.3) is 0 Å². The van der Waals surface area contributed by atoms with Gasteiger partial charge < -0.3 is 20.9 Å². The number of aliphatic hydroxyl groups is 1. The van der Waals surface area contributed by atoms with E-state index in [1.165, 1.54) is 12.8 Å². The van der Waals surface area contributed by atoms with Crippen molar-refractivity contribution in [1.29, 1.82) is 0 Å². The molecule has 1 aromatic rings. The number of anilines is 2. The number of ether oxygens (including phenoxy) is 1. The van der Waals surface area contributed by atoms with Crippen LogP contribution in [0.2, 0.25) is 0 Å². The summed E-state index contributed by atoms with van der Waals surface area (Å²) in [6.07, 6.45) is 4.58. The molecule has 0 radical (unpaired) electrons. The van der Waals surface area contributed by atoms with Gasteiger partial charge in [-0.1, -0.05) is 18.9 Å². The number of nitrogen functional groups attached to an aromatic ring is 1. The van der Waals surface area contributed by atoms with E-state index in [1.807, 2.05) is 25.1 Å². The first-order valence-corrected chi connectivity index (χ1v) is 7.07. The van der Waals surface area contributed by atoms with Gasteiger partial charge in [0.1, 0.15) is 5.75 Å². The fourth-order valence-electron chi connectivity index (χ4n) is 2.78. The quantitative estimate of drug-likeness (QED) is 0.691. The lowest BCUT2D eigenvalue weighted by Crippen LogP contribution is -2.30. The van der Waals surface area contributed by atoms with Gasteiger partial charge in [-0.15, -0.1) is 0 Å². The summed E-state index contributed by atoms with van der Waals surface area (Å²) < 4.78 is 5.49. The Bertz CT molecular complexity index is 415. The summed E-state index contributed by atoms with van der Waals surface area (Å²) in [5, 5.41) is 13.0. The Morgan fingerprint density at radius 2 is 2.11 bits per heavy atom. The topological polar surface area (TPSA) is 67.5 Å². The number of hydrogen-bond acceptors (Lipinski definition) is 4. The first-order valence-electron chi connectivity index (χ1n) is 7.07. The molecular weight excluding hydrogens is 240 g/mol. The van der Waals surface area contributed by atoms with Crippen LogP contribution >= 0.6 is 0 Å². The molecule has 2 rings (SSSR count). The van der Waals surface area contributed by atoms with Gasteiger partial charge in [-0.05, 0) is 31.9 Å². The molecule has 0 spiro atoms. The Kier molecular flexibility index (Phi) is 4.53. The van der Waals surface area contributed by atoms with E-state index in [0.717, 1.165) is 30.8 Å². The first kappa shape index (κ1) is 14.0. The minimum atomic E-state index is 0.0219. The van der Waals surface area contributed by atoms with Crippen molar-refractivity contribution in [2.24, 2.45) is 5.41 Å². The molecule has 106 valence electrons. The average molecular weight is 264 g/mol. The molecule has 1 fully saturated rings. The van der Waals surface area contributed by atoms with E-state index in [9.17, 15) is 5.11 Å². The zero-order valence-corrected chi connectivity index (χ0v) is 11.6. The molecule has 4 N–H and O–H groups in total. The van der Waals surface area contributed by atoms with E-state index >= 15 is 0 Å². The van der Waals surface area contributed by atoms with Crippen LogP contribution in [0.3, 0.4) is 0 Å². The van der Waals surface area contributed by atoms with E-state index < -0.39 is 0 Å². The molecule has 0 heterocycles. The van der Waals surface area contributed by atoms with Crippen molar-refractivity contribution < 1.29 is 9.84 Å². The number of nitrogens with two attached hydrogens (primary N) is 1. The van der Waals surface area contributed by atoms with Gasteiger partial charge in [0, 0.05) is 12.0 Å². The number of hydrogen-bond donors (Lipinski definition) is 3. The van der Waals surface area contributed by atoms with Crippen LogP contribution in [0, 0.1) is 5.41 Å². The summed E-state index contributed by atoms with van der Waals surface area (Å²) in [7, 11) is 0. The summed E-state index contributed by atoms with van der Waals surface area (Å²) in [5.74, 6) is 0.719. The highest BCUT2D eigenvalue weighted by molar-refractivity contribution is 5.72. The van der Waals surface area contributed by atoms with Crippen molar-refractivity contribution in [2.75, 3.05) is 30.8 Å². The highest BCUT2D eigenvalue weighted by Gasteiger charge is 2.33. The molecule has 0 atom stereocenters. The van der Waals surface area contributed by atoms with Crippen LogP contribution < -0.4 is 15.8 Å². The molecule has 4 heteroatoms. The van der Waals surface area contributed by atoms with Crippen LogP contribution in [0.1, 0.15) is 32.6 Å². The van der Waals surface area contributed by atoms with E-state index in [2.05, 4.69) is 5.32 Å². The van der Waals surface area contributed by atoms with E-state index in [0.29, 0.717) is 12.3 Å². The Labute approximate surface area is 115 Å². The Hall–Kier alpha value is -1.42. The van der Waals surface area contributed by atoms with Crippen LogP contribution in [0.5, 0.6) is 5.75 Å². The molecule has 19 heavy (non-hydrogen) atoms. The number of rotatable bonds is 6. The second kappa shape index (κ2) is 6.15. The van der Waals surface area contributed by atoms with Crippen molar-refractivity contribution in [3.8, 4) is 5.75 Å². The molecule has 0 aromatic heterocycles. The SMILES string of the molecule is CCOc1cccc(NCC2(CO)CCCC2)c1N. The van der Waals surface area contributed by atoms with Gasteiger partial charge in [0.25, 0.3) is 0 Å². The van der Waals surface area contributed by atoms with Crippen molar-refractivity contribution in [3.05, 3.63) is 18.2 Å². The standard InChI is InChI=1S/C15H24N2O2/c1-2-19-13-7-5-6-12(14(13)16)17-10-15(11-18)8-3-4-9-15/h5-7,17-18H,2-4,8-11,16H2,1H3. The molecule has 0 unspecified atom stereocenters. The number of para-hydroxylation sites is 1. The summed E-state index contributed by atoms with van der Waals surface area (Å²) in [5.41, 5.74) is 7.65. The van der Waals surface area contributed by atoms with E-state index in [1.54, 1.807) is 0 Å². The molecule has 1 saturated carbocycles. The van der Waals surface area contributed by atoms with Gasteiger partial charge in [-0.3, -0.25) is 0 Å². The molecular formula is C15H24N2O2. The third-order valence-corrected chi connectivity index (χ3v) is 4.02. The minimum absolute atomic E-state index is 0.0219. The maximum atomic E-state index is 9.61. The Morgan fingerprint density at radius 3 is 2.74 bits per heavy atom. The van der Waals surface area contributed by atoms with Gasteiger partial charge in [0.05, 0.1) is 24.6 Å². The lowest BCUT2D eigenvalue weighted by Gasteiger charge is -2.27. The number of aliphatic hydroxyl groups excluding tert-OH is 1. The zero-order chi connectivity index (χ0) is 13.7. The van der Waals surface area contributed by atoms with Gasteiger partial charge in [0.15, 0.2) is 0 Å². The van der Waals surface area contributed by atoms with Gasteiger partial charge in [0.2, 0.25) is 0 Å². The third-order valence-electron chi connectivity index (χ3n) is 4.02. The van der Waals surface area contributed by atoms with E-state index in [-0.39, 0.29) is 12.0 Å². The predicted molar refractivity (Wildman–Crippen MR) is 78.5 cm³/mol. The summed E-state index contributed by atoms with van der Waals surface area (Å²) in [6.45, 7) is 3.56. The molecule has 0 amide bonds. The Morgan fingerprint density at radius 1 is 1.37 bits per heavy atom. The van der Waals surface area contributed by atoms with Gasteiger partial charge in [-0.25, -0.2) is 0 Å². The normalized spacial score (nSPS) is 17.4. The summed E-state index contributed by atoms with van der Waals surface area (Å²) >= 11 is 0. The smallest absolute Gasteiger partial charge is 0.144 e. The average Bonchev–Trinajstić information content (AvgIpc) is 2.89. The van der Waals surface area contributed by atoms with Crippen LogP contribution in [0.15, 0.2) is 18.2 Å². The maximum absolute atomic E-state index is 9.61. The first-order chi connectivity index (χ1) is 9.21. The molecule has 1 aliphatic rings. The summed E-state index contributed by atoms with van der Waals surface area (Å²) in [6, 6.07) is 5.77. The van der Waals surface area contributed by atoms with Crippen molar-refractivity contribution in [1.82, 2.24) is 0 Å². The highest BCUT2D eigenvalue weighted by atomic mass is 16.5. The maximum Gasteiger partial charge on any atom is 0.144 e. The number of benzene rings is 1. The second-order valence-corrected chi connectivity index (χ2v) is 5.37. The van der Waals surface area contributed by atoms with Crippen LogP contribution in [-0.2, 0) is 0 Å². The predicted octanol–water partition coefficient (Wildman–Crippen LogP) is 2.63. The van der Waals surface area contributed by atoms with Crippen LogP contribution in [0.4, 0.5) is 11.4 Å². The summed E-state index contributed by atoms with van der Waals surface area (Å²) in [4.78, 5) is 0. The Balaban J connectivity index is 2.04. The zero-order valence-electron chi connectivity index (χ0n) is 11.6. The lowest BCUT2D eigenvalue weighted by molar-refractivity contribution is 0.142. The van der Waals surface area contributed by atoms with Crippen molar-refractivity contribution in [3.63, 3.8) is 0 Å². The van der Waals surface area contributed by atoms with Gasteiger partial charge >= 0.3 is 0 Å². The third kappa shape index (κ3) is 3.13.